The molecule has 0 saturated carbocycles. The van der Waals surface area contributed by atoms with Gasteiger partial charge in [-0.25, -0.2) is 0 Å². The van der Waals surface area contributed by atoms with E-state index in [9.17, 15) is 24.0 Å². The molecule has 0 atom stereocenters. The van der Waals surface area contributed by atoms with E-state index in [-0.39, 0.29) is 43.5 Å². The van der Waals surface area contributed by atoms with Gasteiger partial charge in [-0.3, -0.25) is 33.8 Å². The quantitative estimate of drug-likeness (QED) is 0.178. The molecular formula is C18H28N4O7. The highest BCUT2D eigenvalue weighted by Gasteiger charge is 2.23. The molecule has 0 spiro atoms. The molecule has 0 aromatic carbocycles. The number of imide groups is 1. The summed E-state index contributed by atoms with van der Waals surface area (Å²) in [6, 6.07) is 0. The summed E-state index contributed by atoms with van der Waals surface area (Å²) in [7, 11) is 0. The molecule has 0 unspecified atom stereocenters. The molecule has 29 heavy (non-hydrogen) atoms. The maximum atomic E-state index is 11.6. The number of carbonyl (C=O) groups is 5. The lowest BCUT2D eigenvalue weighted by Gasteiger charge is -2.25. The summed E-state index contributed by atoms with van der Waals surface area (Å²) in [5.74, 6) is -2.95. The molecule has 11 nitrogen and oxygen atoms in total. The second-order valence-electron chi connectivity index (χ2n) is 6.49. The first kappa shape index (κ1) is 24.2. The van der Waals surface area contributed by atoms with Crippen LogP contribution in [-0.2, 0) is 24.0 Å². The number of carboxylic acid groups (broad SMARTS) is 2. The Kier molecular flexibility index (Phi) is 11.2. The Bertz CT molecular complexity index is 618. The van der Waals surface area contributed by atoms with Crippen LogP contribution in [0.5, 0.6) is 0 Å². The van der Waals surface area contributed by atoms with E-state index in [0.29, 0.717) is 45.7 Å². The topological polar surface area (TPSA) is 156 Å². The first-order chi connectivity index (χ1) is 13.8. The van der Waals surface area contributed by atoms with E-state index in [1.807, 2.05) is 4.90 Å². The molecule has 0 aromatic rings. The van der Waals surface area contributed by atoms with E-state index in [1.165, 1.54) is 12.2 Å². The first-order valence-electron chi connectivity index (χ1n) is 9.46. The van der Waals surface area contributed by atoms with Crippen LogP contribution in [0.15, 0.2) is 12.2 Å². The van der Waals surface area contributed by atoms with E-state index >= 15 is 0 Å². The Morgan fingerprint density at radius 3 is 2.10 bits per heavy atom. The fourth-order valence-corrected chi connectivity index (χ4v) is 2.62. The molecule has 1 heterocycles. The zero-order valence-electron chi connectivity index (χ0n) is 16.3. The van der Waals surface area contributed by atoms with Crippen molar-refractivity contribution in [3.05, 3.63) is 12.2 Å². The lowest BCUT2D eigenvalue weighted by Crippen LogP contribution is -2.43. The third-order valence-electron chi connectivity index (χ3n) is 4.21. The van der Waals surface area contributed by atoms with E-state index in [1.54, 1.807) is 0 Å². The number of aliphatic carboxylic acids is 2. The highest BCUT2D eigenvalue weighted by atomic mass is 16.4. The summed E-state index contributed by atoms with van der Waals surface area (Å²) in [5.41, 5.74) is 0. The molecule has 0 bridgehead atoms. The van der Waals surface area contributed by atoms with E-state index in [2.05, 4.69) is 10.6 Å². The fraction of sp³-hybridized carbons (Fsp3) is 0.611. The molecule has 3 amide bonds. The summed E-state index contributed by atoms with van der Waals surface area (Å²) < 4.78 is 0. The van der Waals surface area contributed by atoms with Gasteiger partial charge in [0.15, 0.2) is 0 Å². The van der Waals surface area contributed by atoms with Crippen molar-refractivity contribution in [3.63, 3.8) is 0 Å². The monoisotopic (exact) mass is 412 g/mol. The standard InChI is InChI=1S/C18H28N4O7/c23-14(3-6-18(28)29)20-9-11-21(10-8-19-7-1-2-17(26)27)12-13-22-15(24)4-5-16(22)25/h4-5,19H,1-3,6-13H2,(H,20,23)(H,26,27)(H,28,29). The van der Waals surface area contributed by atoms with Crippen LogP contribution in [0.25, 0.3) is 0 Å². The molecule has 1 rings (SSSR count). The van der Waals surface area contributed by atoms with Crippen molar-refractivity contribution in [2.75, 3.05) is 45.8 Å². The van der Waals surface area contributed by atoms with Gasteiger partial charge in [-0.2, -0.15) is 0 Å². The number of amides is 3. The van der Waals surface area contributed by atoms with Crippen LogP contribution < -0.4 is 10.6 Å². The Hall–Kier alpha value is -2.79. The predicted molar refractivity (Wildman–Crippen MR) is 102 cm³/mol. The minimum atomic E-state index is -1.04. The Labute approximate surface area is 168 Å². The van der Waals surface area contributed by atoms with Crippen LogP contribution in [0.3, 0.4) is 0 Å². The Balaban J connectivity index is 2.37. The third-order valence-corrected chi connectivity index (χ3v) is 4.21. The third kappa shape index (κ3) is 11.0. The van der Waals surface area contributed by atoms with Gasteiger partial charge in [-0.15, -0.1) is 0 Å². The lowest BCUT2D eigenvalue weighted by atomic mass is 10.3. The largest absolute Gasteiger partial charge is 0.481 e. The number of hydrogen-bond acceptors (Lipinski definition) is 7. The van der Waals surface area contributed by atoms with Gasteiger partial charge >= 0.3 is 11.9 Å². The number of nitrogens with zero attached hydrogens (tertiary/aromatic N) is 2. The van der Waals surface area contributed by atoms with Crippen molar-refractivity contribution in [1.29, 1.82) is 0 Å². The van der Waals surface area contributed by atoms with Gasteiger partial charge in [-0.1, -0.05) is 0 Å². The zero-order valence-corrected chi connectivity index (χ0v) is 16.3. The molecule has 0 saturated heterocycles. The van der Waals surface area contributed by atoms with Crippen LogP contribution in [0, 0.1) is 0 Å². The van der Waals surface area contributed by atoms with Gasteiger partial charge in [0.2, 0.25) is 5.91 Å². The Morgan fingerprint density at radius 2 is 1.48 bits per heavy atom. The molecular weight excluding hydrogens is 384 g/mol. The van der Waals surface area contributed by atoms with Crippen molar-refractivity contribution < 1.29 is 34.2 Å². The summed E-state index contributed by atoms with van der Waals surface area (Å²) >= 11 is 0. The van der Waals surface area contributed by atoms with Crippen molar-refractivity contribution >= 4 is 29.7 Å². The second kappa shape index (κ2) is 13.4. The van der Waals surface area contributed by atoms with Crippen LogP contribution in [0.1, 0.15) is 25.7 Å². The number of carboxylic acids is 2. The number of rotatable bonds is 16. The molecule has 4 N–H and O–H groups in total. The van der Waals surface area contributed by atoms with Crippen LogP contribution in [0.4, 0.5) is 0 Å². The van der Waals surface area contributed by atoms with E-state index in [4.69, 9.17) is 10.2 Å². The van der Waals surface area contributed by atoms with E-state index in [0.717, 1.165) is 4.90 Å². The van der Waals surface area contributed by atoms with Gasteiger partial charge in [0.05, 0.1) is 6.42 Å². The average molecular weight is 412 g/mol. The summed E-state index contributed by atoms with van der Waals surface area (Å²) in [5, 5.41) is 23.0. The Morgan fingerprint density at radius 1 is 0.862 bits per heavy atom. The first-order valence-corrected chi connectivity index (χ1v) is 9.46. The van der Waals surface area contributed by atoms with Gasteiger partial charge in [0, 0.05) is 64.3 Å². The van der Waals surface area contributed by atoms with Crippen LogP contribution >= 0.6 is 0 Å². The van der Waals surface area contributed by atoms with Crippen molar-refractivity contribution in [2.24, 2.45) is 0 Å². The number of hydrogen-bond donors (Lipinski definition) is 4. The highest BCUT2D eigenvalue weighted by molar-refractivity contribution is 6.12. The van der Waals surface area contributed by atoms with Gasteiger partial charge < -0.3 is 20.8 Å². The molecule has 162 valence electrons. The lowest BCUT2D eigenvalue weighted by molar-refractivity contribution is -0.139. The van der Waals surface area contributed by atoms with Crippen molar-refractivity contribution in [1.82, 2.24) is 20.4 Å². The summed E-state index contributed by atoms with van der Waals surface area (Å²) in [4.78, 5) is 59.0. The normalized spacial score (nSPS) is 13.3. The predicted octanol–water partition coefficient (Wildman–Crippen LogP) is -1.35. The van der Waals surface area contributed by atoms with Gasteiger partial charge in [0.1, 0.15) is 0 Å². The minimum Gasteiger partial charge on any atom is -0.481 e. The van der Waals surface area contributed by atoms with Crippen LogP contribution in [-0.4, -0.2) is 95.5 Å². The molecule has 0 aromatic heterocycles. The van der Waals surface area contributed by atoms with Crippen molar-refractivity contribution in [2.45, 2.75) is 25.7 Å². The van der Waals surface area contributed by atoms with Gasteiger partial charge in [0.25, 0.3) is 11.8 Å². The minimum absolute atomic E-state index is 0.0886. The highest BCUT2D eigenvalue weighted by Crippen LogP contribution is 2.03. The maximum absolute atomic E-state index is 11.6. The molecule has 0 radical (unpaired) electrons. The average Bonchev–Trinajstić information content (AvgIpc) is 2.97. The molecule has 0 fully saturated rings. The smallest absolute Gasteiger partial charge is 0.303 e. The zero-order chi connectivity index (χ0) is 21.6. The molecule has 0 aliphatic carbocycles. The maximum Gasteiger partial charge on any atom is 0.303 e. The number of carbonyl (C=O) groups excluding carboxylic acids is 3. The molecule has 11 heteroatoms. The van der Waals surface area contributed by atoms with E-state index < -0.39 is 11.9 Å². The van der Waals surface area contributed by atoms with Crippen molar-refractivity contribution in [3.8, 4) is 0 Å². The second-order valence-corrected chi connectivity index (χ2v) is 6.49. The number of nitrogens with one attached hydrogen (secondary N) is 2. The van der Waals surface area contributed by atoms with Gasteiger partial charge in [-0.05, 0) is 13.0 Å². The molecule has 1 aliphatic heterocycles. The molecule has 1 aliphatic rings. The fourth-order valence-electron chi connectivity index (χ4n) is 2.62. The SMILES string of the molecule is O=C(O)CCCNCCN(CCNC(=O)CCC(=O)O)CCN1C(=O)C=CC1=O. The van der Waals surface area contributed by atoms with Crippen LogP contribution in [0.2, 0.25) is 0 Å². The summed E-state index contributed by atoms with van der Waals surface area (Å²) in [6.45, 7) is 3.10. The summed E-state index contributed by atoms with van der Waals surface area (Å²) in [6.07, 6.45) is 2.71.